The van der Waals surface area contributed by atoms with E-state index in [-0.39, 0.29) is 10.8 Å². The molecule has 0 spiro atoms. The van der Waals surface area contributed by atoms with E-state index in [1.54, 1.807) is 18.2 Å². The van der Waals surface area contributed by atoms with Crippen LogP contribution in [0.4, 0.5) is 5.88 Å². The van der Waals surface area contributed by atoms with Crippen molar-refractivity contribution in [1.29, 1.82) is 0 Å². The van der Waals surface area contributed by atoms with Crippen molar-refractivity contribution in [2.45, 2.75) is 96.4 Å². The highest BCUT2D eigenvalue weighted by molar-refractivity contribution is 7.85. The molecule has 0 saturated heterocycles. The molecule has 0 fully saturated rings. The number of quaternary nitrogens is 1. The molecule has 0 saturated carbocycles. The number of unbranched alkanes of at least 4 members (excludes halogenated alkanes) is 7. The number of benzene rings is 2. The fraction of sp³-hybridized carbons (Fsp3) is 0.529. The second kappa shape index (κ2) is 18.3. The summed E-state index contributed by atoms with van der Waals surface area (Å²) in [7, 11) is 0.0199. The molecule has 0 aliphatic carbocycles. The van der Waals surface area contributed by atoms with Crippen LogP contribution in [-0.4, -0.2) is 49.6 Å². The van der Waals surface area contributed by atoms with Crippen molar-refractivity contribution in [3.8, 4) is 5.75 Å². The highest BCUT2D eigenvalue weighted by Crippen LogP contribution is 2.32. The van der Waals surface area contributed by atoms with Gasteiger partial charge < -0.3 is 18.2 Å². The van der Waals surface area contributed by atoms with Crippen LogP contribution in [0.3, 0.4) is 0 Å². The SMILES string of the molecule is Cc1cc(OCCCCCCCCCC[N+](C)(C)Cc2ccc([N+](=O)[O-])o2)c(C(C)C)cc1Cl.Cc1ccc(S(=O)(=O)[O-])cc1. The monoisotopic (exact) mass is 664 g/mol. The Hall–Kier alpha value is -2.92. The van der Waals surface area contributed by atoms with Gasteiger partial charge in [0.15, 0.2) is 5.76 Å². The Kier molecular flexibility index (Phi) is 15.5. The van der Waals surface area contributed by atoms with Crippen molar-refractivity contribution in [3.63, 3.8) is 0 Å². The highest BCUT2D eigenvalue weighted by Gasteiger charge is 2.20. The highest BCUT2D eigenvalue weighted by atomic mass is 35.5. The summed E-state index contributed by atoms with van der Waals surface area (Å²) in [5, 5.41) is 11.6. The zero-order chi connectivity index (χ0) is 33.6. The molecule has 1 heterocycles. The molecular formula is C34H49ClN2O7S. The normalized spacial score (nSPS) is 11.8. The van der Waals surface area contributed by atoms with E-state index in [0.29, 0.717) is 18.2 Å². The van der Waals surface area contributed by atoms with E-state index in [1.807, 2.05) is 19.9 Å². The number of aryl methyl sites for hydroxylation is 2. The zero-order valence-corrected chi connectivity index (χ0v) is 29.1. The van der Waals surface area contributed by atoms with Gasteiger partial charge >= 0.3 is 5.88 Å². The van der Waals surface area contributed by atoms with Crippen LogP contribution in [0.25, 0.3) is 0 Å². The lowest BCUT2D eigenvalue weighted by atomic mass is 10.0. The minimum atomic E-state index is -4.27. The summed E-state index contributed by atoms with van der Waals surface area (Å²) in [6, 6.07) is 13.0. The molecule has 0 aliphatic rings. The van der Waals surface area contributed by atoms with Gasteiger partial charge in [-0.1, -0.05) is 75.2 Å². The lowest BCUT2D eigenvalue weighted by molar-refractivity contribution is -0.904. The molecule has 0 atom stereocenters. The molecular weight excluding hydrogens is 616 g/mol. The lowest BCUT2D eigenvalue weighted by Crippen LogP contribution is -2.39. The average molecular weight is 665 g/mol. The van der Waals surface area contributed by atoms with Crippen LogP contribution in [0.2, 0.25) is 5.02 Å². The van der Waals surface area contributed by atoms with Gasteiger partial charge in [0.25, 0.3) is 0 Å². The summed E-state index contributed by atoms with van der Waals surface area (Å²) in [4.78, 5) is 10.1. The van der Waals surface area contributed by atoms with Crippen LogP contribution in [0, 0.1) is 24.0 Å². The number of nitrogens with zero attached hydrogens (tertiary/aromatic N) is 2. The van der Waals surface area contributed by atoms with Gasteiger partial charge in [-0.3, -0.25) is 10.1 Å². The molecule has 2 aromatic carbocycles. The third-order valence-electron chi connectivity index (χ3n) is 7.55. The van der Waals surface area contributed by atoms with Gasteiger partial charge in [-0.2, -0.15) is 0 Å². The molecule has 0 radical (unpaired) electrons. The van der Waals surface area contributed by atoms with E-state index >= 15 is 0 Å². The zero-order valence-electron chi connectivity index (χ0n) is 27.5. The standard InChI is InChI=1S/C27H42ClN2O4.C7H8O3S/c1-21(2)24-19-25(28)22(3)18-26(24)33-17-13-11-9-7-6-8-10-12-16-30(4,5)20-23-14-15-27(34-23)29(31)32;1-6-2-4-7(5-3-6)11(8,9)10/h14-15,18-19,21H,6-13,16-17,20H2,1-5H3;2-5H,1H3,(H,8,9,10)/q+1;/p-1. The molecule has 0 unspecified atom stereocenters. The molecule has 1 aromatic heterocycles. The number of nitro groups is 1. The maximum Gasteiger partial charge on any atom is 0.433 e. The van der Waals surface area contributed by atoms with E-state index < -0.39 is 15.0 Å². The molecule has 0 N–H and O–H groups in total. The first-order valence-corrected chi connectivity index (χ1v) is 17.4. The third kappa shape index (κ3) is 14.4. The summed E-state index contributed by atoms with van der Waals surface area (Å²) in [5.74, 6) is 1.86. The van der Waals surface area contributed by atoms with Crippen LogP contribution in [-0.2, 0) is 16.7 Å². The van der Waals surface area contributed by atoms with Crippen LogP contribution >= 0.6 is 11.6 Å². The summed E-state index contributed by atoms with van der Waals surface area (Å²) in [5.41, 5.74) is 3.17. The number of halogens is 1. The lowest BCUT2D eigenvalue weighted by Gasteiger charge is -2.28. The summed E-state index contributed by atoms with van der Waals surface area (Å²) >= 11 is 6.28. The topological polar surface area (TPSA) is 123 Å². The molecule has 0 bridgehead atoms. The number of ether oxygens (including phenoxy) is 1. The molecule has 9 nitrogen and oxygen atoms in total. The third-order valence-corrected chi connectivity index (χ3v) is 8.81. The van der Waals surface area contributed by atoms with E-state index in [4.69, 9.17) is 20.8 Å². The van der Waals surface area contributed by atoms with Crippen molar-refractivity contribution < 1.29 is 31.5 Å². The van der Waals surface area contributed by atoms with Gasteiger partial charge in [0, 0.05) is 5.02 Å². The molecule has 3 aromatic rings. The fourth-order valence-electron chi connectivity index (χ4n) is 4.89. The predicted octanol–water partition coefficient (Wildman–Crippen LogP) is 8.95. The van der Waals surface area contributed by atoms with E-state index in [9.17, 15) is 23.1 Å². The molecule has 3 rings (SSSR count). The van der Waals surface area contributed by atoms with Crippen LogP contribution < -0.4 is 4.74 Å². The first kappa shape index (κ1) is 38.3. The fourth-order valence-corrected chi connectivity index (χ4v) is 5.53. The summed E-state index contributed by atoms with van der Waals surface area (Å²) < 4.78 is 43.3. The minimum Gasteiger partial charge on any atom is -0.744 e. The Morgan fingerprint density at radius 1 is 0.911 bits per heavy atom. The second-order valence-electron chi connectivity index (χ2n) is 12.6. The van der Waals surface area contributed by atoms with Gasteiger partial charge in [0.2, 0.25) is 0 Å². The van der Waals surface area contributed by atoms with E-state index in [1.165, 1.54) is 62.3 Å². The number of hydrogen-bond donors (Lipinski definition) is 0. The Bertz CT molecular complexity index is 1450. The molecule has 250 valence electrons. The molecule has 11 heteroatoms. The van der Waals surface area contributed by atoms with E-state index in [2.05, 4.69) is 34.0 Å². The minimum absolute atomic E-state index is 0.178. The van der Waals surface area contributed by atoms with Crippen molar-refractivity contribution >= 4 is 27.6 Å². The van der Waals surface area contributed by atoms with Gasteiger partial charge in [0.1, 0.15) is 27.3 Å². The largest absolute Gasteiger partial charge is 0.744 e. The van der Waals surface area contributed by atoms with Crippen LogP contribution in [0.5, 0.6) is 5.75 Å². The Labute approximate surface area is 274 Å². The number of furan rings is 1. The number of hydrogen-bond acceptors (Lipinski definition) is 7. The predicted molar refractivity (Wildman–Crippen MR) is 178 cm³/mol. The number of rotatable bonds is 17. The second-order valence-corrected chi connectivity index (χ2v) is 14.3. The van der Waals surface area contributed by atoms with Crippen LogP contribution in [0.1, 0.15) is 93.6 Å². The van der Waals surface area contributed by atoms with Crippen molar-refractivity contribution in [2.24, 2.45) is 0 Å². The van der Waals surface area contributed by atoms with Crippen molar-refractivity contribution in [2.75, 3.05) is 27.2 Å². The van der Waals surface area contributed by atoms with Crippen LogP contribution in [0.15, 0.2) is 57.8 Å². The average Bonchev–Trinajstić information content (AvgIpc) is 3.41. The van der Waals surface area contributed by atoms with Crippen molar-refractivity contribution in [3.05, 3.63) is 86.1 Å². The van der Waals surface area contributed by atoms with Gasteiger partial charge in [-0.25, -0.2) is 8.42 Å². The first-order valence-electron chi connectivity index (χ1n) is 15.6. The molecule has 45 heavy (non-hydrogen) atoms. The van der Waals surface area contributed by atoms with Crippen molar-refractivity contribution in [1.82, 2.24) is 0 Å². The quantitative estimate of drug-likeness (QED) is 0.0464. The Morgan fingerprint density at radius 2 is 1.49 bits per heavy atom. The van der Waals surface area contributed by atoms with Gasteiger partial charge in [-0.05, 0) is 80.5 Å². The maximum absolute atomic E-state index is 10.8. The van der Waals surface area contributed by atoms with E-state index in [0.717, 1.165) is 52.4 Å². The summed E-state index contributed by atoms with van der Waals surface area (Å²) in [6.45, 7) is 10.6. The first-order chi connectivity index (χ1) is 21.1. The van der Waals surface area contributed by atoms with Gasteiger partial charge in [0.05, 0.1) is 38.2 Å². The Morgan fingerprint density at radius 3 is 2.02 bits per heavy atom. The molecule has 0 amide bonds. The Balaban J connectivity index is 0.000000537. The molecule has 0 aliphatic heterocycles. The summed E-state index contributed by atoms with van der Waals surface area (Å²) in [6.07, 6.45) is 9.69. The smallest absolute Gasteiger partial charge is 0.433 e. The maximum atomic E-state index is 10.8. The van der Waals surface area contributed by atoms with Gasteiger partial charge in [-0.15, -0.1) is 0 Å².